The fourth-order valence-corrected chi connectivity index (χ4v) is 17.7. The number of carbonyl (C=O) groups is 4. The van der Waals surface area contributed by atoms with Crippen molar-refractivity contribution in [2.75, 3.05) is 99.4 Å². The van der Waals surface area contributed by atoms with Crippen molar-refractivity contribution in [3.63, 3.8) is 0 Å². The maximum atomic E-state index is 13.5. The van der Waals surface area contributed by atoms with Gasteiger partial charge >= 0.3 is 0 Å². The Bertz CT molecular complexity index is 7600. The number of fused-ring (bicyclic) bond motifs is 4. The molecule has 4 aliphatic heterocycles. The molecule has 0 atom stereocenters. The second-order valence-corrected chi connectivity index (χ2v) is 38.4. The molecule has 20 rings (SSSR count). The summed E-state index contributed by atoms with van der Waals surface area (Å²) in [6.45, 7) is 8.40. The Kier molecular flexibility index (Phi) is 28.9. The molecule has 14 heterocycles. The molecular weight excluding hydrogens is 1840 g/mol. The number of morpholine rings is 1. The summed E-state index contributed by atoms with van der Waals surface area (Å²) in [5.74, 6) is -6.86. The van der Waals surface area contributed by atoms with E-state index in [2.05, 4.69) is 126 Å². The normalized spacial score (nSPS) is 15.2. The van der Waals surface area contributed by atoms with Gasteiger partial charge in [0.2, 0.25) is 0 Å². The van der Waals surface area contributed by atoms with Gasteiger partial charge in [0.1, 0.15) is 0 Å². The number of aromatic nitrogens is 14. The number of hydrogen-bond acceptors (Lipinski definition) is 26. The van der Waals surface area contributed by atoms with Gasteiger partial charge in [-0.25, -0.2) is 44.4 Å². The number of carbonyl (C=O) groups excluding carboxylic acids is 4. The first-order valence-electron chi connectivity index (χ1n) is 44.6. The van der Waals surface area contributed by atoms with Crippen molar-refractivity contribution in [2.45, 2.75) is 86.3 Å². The highest BCUT2D eigenvalue weighted by molar-refractivity contribution is 7.90. The van der Waals surface area contributed by atoms with Crippen molar-refractivity contribution in [1.82, 2.24) is 90.3 Å². The zero-order valence-corrected chi connectivity index (χ0v) is 77.2. The number of hydrogen-bond donors (Lipinski definition) is 9. The van der Waals surface area contributed by atoms with E-state index in [1.165, 1.54) is 36.7 Å². The highest BCUT2D eigenvalue weighted by Crippen LogP contribution is 2.36. The van der Waals surface area contributed by atoms with Crippen molar-refractivity contribution in [3.8, 4) is 56.6 Å². The van der Waals surface area contributed by atoms with Gasteiger partial charge in [-0.1, -0.05) is 24.3 Å². The average Bonchev–Trinajstić information content (AvgIpc) is 1.64. The number of piperidine rings is 2. The number of likely N-dealkylation sites (tertiary alicyclic amines) is 3. The number of halogens is 4. The number of aliphatic hydroxyl groups excluding tert-OH is 1. The first kappa shape index (κ1) is 96.0. The van der Waals surface area contributed by atoms with Crippen LogP contribution < -0.4 is 21.3 Å². The number of aliphatic hydroxyl groups is 1. The summed E-state index contributed by atoms with van der Waals surface area (Å²) in [6.07, 6.45) is 19.9. The number of benzene rings is 6. The summed E-state index contributed by atoms with van der Waals surface area (Å²) in [6, 6.07) is 53.9. The zero-order valence-electron chi connectivity index (χ0n) is 75.6. The van der Waals surface area contributed by atoms with Crippen LogP contribution in [0.4, 0.5) is 40.3 Å². The summed E-state index contributed by atoms with van der Waals surface area (Å²) >= 11 is 0. The molecule has 40 heteroatoms. The van der Waals surface area contributed by atoms with E-state index >= 15 is 0 Å². The number of sulfone groups is 2. The summed E-state index contributed by atoms with van der Waals surface area (Å²) in [4.78, 5) is 85.2. The van der Waals surface area contributed by atoms with E-state index in [-0.39, 0.29) is 65.2 Å². The molecule has 140 heavy (non-hydrogen) atoms. The van der Waals surface area contributed by atoms with Crippen LogP contribution in [0.25, 0.3) is 88.1 Å². The van der Waals surface area contributed by atoms with Gasteiger partial charge in [-0.15, -0.1) is 0 Å². The van der Waals surface area contributed by atoms with Crippen LogP contribution >= 0.6 is 0 Å². The van der Waals surface area contributed by atoms with Crippen LogP contribution in [0, 0.1) is 22.7 Å². The molecule has 6 aromatic carbocycles. The lowest BCUT2D eigenvalue weighted by atomic mass is 10.0. The second kappa shape index (κ2) is 42.1. The van der Waals surface area contributed by atoms with Gasteiger partial charge in [0.25, 0.3) is 35.5 Å². The molecule has 9 N–H and O–H groups in total. The molecule has 4 aliphatic rings. The quantitative estimate of drug-likeness (QED) is 0.0285. The predicted octanol–water partition coefficient (Wildman–Crippen LogP) is 14.7. The number of rotatable bonds is 22. The van der Waals surface area contributed by atoms with Gasteiger partial charge in [-0.2, -0.15) is 30.9 Å². The molecular formula is C100H92F4N24O10S2. The van der Waals surface area contributed by atoms with Gasteiger partial charge in [-0.05, 0) is 203 Å². The van der Waals surface area contributed by atoms with Crippen molar-refractivity contribution in [3.05, 3.63) is 288 Å². The SMILES string of the molecule is CS(=O)(=O)c1ccc(NC(=O)c2n[nH]c3ccc(-c4cncc(CN5CCC(F)(F)C5)c4)cc23)cn1.CS(=O)(=O)c1ccc(NC(=O)c2n[nH]c3ccc(-c4cncc(CN5CCC(F)(F)CC5)c4)cc23)cn1.N#Cc1ccc(NC(=O)c2n[nH]c3ccc(-c4cncc(CN5CCC(O)CC5)c4)cc23)cc1.N#Cc1ccc(NC(=O)c2n[nH]c3ccc(-c4cncc(CN5CCOCC5)c4)cc23)cc1. The average molecular weight is 1930 g/mol. The molecule has 34 nitrogen and oxygen atoms in total. The number of aromatic amines is 4. The van der Waals surface area contributed by atoms with Crippen molar-refractivity contribution in [2.24, 2.45) is 0 Å². The third-order valence-corrected chi connectivity index (χ3v) is 26.0. The number of pyridine rings is 6. The Morgan fingerprint density at radius 2 is 0.686 bits per heavy atom. The highest BCUT2D eigenvalue weighted by atomic mass is 32.2. The minimum atomic E-state index is -3.45. The Labute approximate surface area is 799 Å². The molecule has 0 saturated carbocycles. The van der Waals surface area contributed by atoms with Gasteiger partial charge < -0.3 is 31.1 Å². The van der Waals surface area contributed by atoms with E-state index in [1.54, 1.807) is 84.3 Å². The highest BCUT2D eigenvalue weighted by Gasteiger charge is 2.39. The standard InChI is InChI=1S/C26H24N6O2.C25H24F2N6O3S.C25H22N6O2.C24H22F2N6O3S/c27-13-17-1-4-21(5-2-17)29-26(34)25-23-12-19(3-6-24(23)30-31-25)20-11-18(14-28-15-20)16-32-9-7-22(33)8-10-32;1-37(35,36)22-5-3-19(14-29-22)30-24(34)23-20-11-17(2-4-21(20)31-32-23)18-10-16(12-28-13-18)15-33-8-6-25(26,27)7-9-33;26-13-17-1-4-21(5-2-17)28-25(32)24-22-12-19(3-6-23(22)29-30-24)20-11-18(14-27-15-20)16-31-7-9-33-10-8-31;1-36(34,35)21-5-3-18(12-28-21)29-23(33)22-19-9-16(2-4-20(19)30-31-22)17-8-15(10-27-11-17)13-32-7-6-24(25,26)14-32/h1-6,11-12,14-15,22,33H,7-10,16H2,(H,29,34)(H,30,31);2-5,10-14H,6-9,15H2,1H3,(H,30,34)(H,31,32);1-6,11-12,14-15H,7-10,16H2,(H,28,32)(H,29,30);2-5,8-12H,6-7,13-14H2,1H3,(H,29,33)(H,30,31). The number of nitrogens with one attached hydrogen (secondary N) is 8. The van der Waals surface area contributed by atoms with E-state index in [0.717, 1.165) is 166 Å². The molecule has 4 saturated heterocycles. The molecule has 0 aliphatic carbocycles. The summed E-state index contributed by atoms with van der Waals surface area (Å²) < 4.78 is 106. The number of ether oxygens (including phenoxy) is 1. The minimum absolute atomic E-state index is 0.0885. The van der Waals surface area contributed by atoms with Crippen LogP contribution in [0.2, 0.25) is 0 Å². The molecule has 10 aromatic heterocycles. The Morgan fingerprint density at radius 3 is 0.993 bits per heavy atom. The van der Waals surface area contributed by atoms with Crippen molar-refractivity contribution in [1.29, 1.82) is 10.5 Å². The van der Waals surface area contributed by atoms with Crippen molar-refractivity contribution >= 4 is 110 Å². The van der Waals surface area contributed by atoms with Crippen LogP contribution in [0.15, 0.2) is 242 Å². The molecule has 16 aromatic rings. The number of nitriles is 2. The molecule has 4 amide bonds. The Balaban J connectivity index is 0.000000129. The minimum Gasteiger partial charge on any atom is -0.393 e. The molecule has 0 unspecified atom stereocenters. The first-order chi connectivity index (χ1) is 67.4. The summed E-state index contributed by atoms with van der Waals surface area (Å²) in [5, 5.41) is 69.4. The van der Waals surface area contributed by atoms with E-state index in [4.69, 9.17) is 15.3 Å². The van der Waals surface area contributed by atoms with Crippen LogP contribution in [0.5, 0.6) is 0 Å². The molecule has 0 bridgehead atoms. The van der Waals surface area contributed by atoms with Gasteiger partial charge in [0.15, 0.2) is 52.5 Å². The number of nitrogens with zero attached hydrogens (tertiary/aromatic N) is 16. The number of alkyl halides is 4. The topological polar surface area (TPSA) is 467 Å². The Morgan fingerprint density at radius 1 is 0.386 bits per heavy atom. The molecule has 4 fully saturated rings. The lowest BCUT2D eigenvalue weighted by Gasteiger charge is -2.31. The van der Waals surface area contributed by atoms with Crippen LogP contribution in [0.3, 0.4) is 0 Å². The molecule has 0 radical (unpaired) electrons. The van der Waals surface area contributed by atoms with Crippen molar-refractivity contribution < 1.29 is 63.4 Å². The van der Waals surface area contributed by atoms with E-state index in [9.17, 15) is 58.7 Å². The fourth-order valence-electron chi connectivity index (χ4n) is 16.6. The second-order valence-electron chi connectivity index (χ2n) is 34.5. The largest absolute Gasteiger partial charge is 0.393 e. The van der Waals surface area contributed by atoms with Gasteiger partial charge in [0, 0.05) is 209 Å². The zero-order chi connectivity index (χ0) is 97.8. The van der Waals surface area contributed by atoms with E-state index in [0.29, 0.717) is 99.8 Å². The number of anilines is 4. The maximum Gasteiger partial charge on any atom is 0.276 e. The fraction of sp³-hybridized carbons (Fsp3) is 0.240. The lowest BCUT2D eigenvalue weighted by Crippen LogP contribution is -2.38. The molecule has 712 valence electrons. The number of amides is 4. The lowest BCUT2D eigenvalue weighted by molar-refractivity contribution is -0.0566. The smallest absolute Gasteiger partial charge is 0.276 e. The maximum absolute atomic E-state index is 13.5. The van der Waals surface area contributed by atoms with Gasteiger partial charge in [-0.3, -0.25) is 79.1 Å². The first-order valence-corrected chi connectivity index (χ1v) is 48.4. The third kappa shape index (κ3) is 24.1. The Hall–Kier alpha value is -15.7. The summed E-state index contributed by atoms with van der Waals surface area (Å²) in [7, 11) is -6.90. The third-order valence-electron chi connectivity index (χ3n) is 24.0. The van der Waals surface area contributed by atoms with Crippen LogP contribution in [-0.4, -0.2) is 232 Å². The van der Waals surface area contributed by atoms with E-state index in [1.807, 2.05) is 109 Å². The summed E-state index contributed by atoms with van der Waals surface area (Å²) in [5.41, 5.74) is 17.8. The van der Waals surface area contributed by atoms with Gasteiger partial charge in [0.05, 0.1) is 95.0 Å². The molecule has 0 spiro atoms. The van der Waals surface area contributed by atoms with E-state index < -0.39 is 43.3 Å². The predicted molar refractivity (Wildman–Crippen MR) is 517 cm³/mol. The van der Waals surface area contributed by atoms with Crippen LogP contribution in [-0.2, 0) is 50.6 Å². The number of H-pyrrole nitrogens is 4. The van der Waals surface area contributed by atoms with Crippen LogP contribution in [0.1, 0.15) is 107 Å². The monoisotopic (exact) mass is 1930 g/mol.